The first-order valence-corrected chi connectivity index (χ1v) is 9.50. The number of fused-ring (bicyclic) bond motifs is 1. The molecule has 5 aromatic rings. The topological polar surface area (TPSA) is 77.1 Å². The van der Waals surface area contributed by atoms with E-state index in [-0.39, 0.29) is 5.91 Å². The van der Waals surface area contributed by atoms with Crippen molar-refractivity contribution in [1.29, 1.82) is 0 Å². The summed E-state index contributed by atoms with van der Waals surface area (Å²) in [7, 11) is 0. The van der Waals surface area contributed by atoms with E-state index < -0.39 is 0 Å². The molecule has 0 bridgehead atoms. The highest BCUT2D eigenvalue weighted by Crippen LogP contribution is 2.29. The predicted octanol–water partition coefficient (Wildman–Crippen LogP) is 4.21. The Morgan fingerprint density at radius 1 is 0.933 bits per heavy atom. The molecule has 0 aliphatic carbocycles. The smallest absolute Gasteiger partial charge is 0.221 e. The maximum Gasteiger partial charge on any atom is 0.221 e. The second-order valence-electron chi connectivity index (χ2n) is 6.89. The van der Waals surface area contributed by atoms with Crippen molar-refractivity contribution in [3.63, 3.8) is 0 Å². The number of rotatable bonds is 4. The maximum absolute atomic E-state index is 11.5. The van der Waals surface area contributed by atoms with Crippen LogP contribution < -0.4 is 5.32 Å². The van der Waals surface area contributed by atoms with Crippen molar-refractivity contribution in [1.82, 2.24) is 24.4 Å². The van der Waals surface area contributed by atoms with Crippen LogP contribution in [0.25, 0.3) is 33.7 Å². The molecule has 0 aliphatic heterocycles. The van der Waals surface area contributed by atoms with E-state index in [4.69, 9.17) is 0 Å². The fourth-order valence-corrected chi connectivity index (χ4v) is 3.48. The fourth-order valence-electron chi connectivity index (χ4n) is 3.48. The van der Waals surface area contributed by atoms with Crippen LogP contribution in [0.4, 0.5) is 5.69 Å². The minimum absolute atomic E-state index is 0.114. The molecule has 3 aromatic heterocycles. The molecule has 0 fully saturated rings. The lowest BCUT2D eigenvalue weighted by atomic mass is 10.1. The van der Waals surface area contributed by atoms with E-state index in [1.807, 2.05) is 76.2 Å². The molecule has 0 spiro atoms. The molecule has 0 aliphatic rings. The third kappa shape index (κ3) is 3.22. The number of benzene rings is 2. The number of aromatic nitrogens is 5. The molecule has 0 unspecified atom stereocenters. The molecule has 3 heterocycles. The van der Waals surface area contributed by atoms with Crippen molar-refractivity contribution in [2.24, 2.45) is 0 Å². The SMILES string of the molecule is CC(=O)Nc1ccccc1-c1cnn2c(-c3cccc(-n4cccn4)c3)cnc2c1. The van der Waals surface area contributed by atoms with Gasteiger partial charge in [-0.3, -0.25) is 4.79 Å². The summed E-state index contributed by atoms with van der Waals surface area (Å²) in [5.74, 6) is -0.114. The Bertz CT molecular complexity index is 1350. The van der Waals surface area contributed by atoms with E-state index in [0.717, 1.165) is 39.4 Å². The molecule has 1 amide bonds. The summed E-state index contributed by atoms with van der Waals surface area (Å²) < 4.78 is 3.63. The number of carbonyl (C=O) groups is 1. The summed E-state index contributed by atoms with van der Waals surface area (Å²) in [5, 5.41) is 11.8. The summed E-state index contributed by atoms with van der Waals surface area (Å²) in [6.07, 6.45) is 7.26. The zero-order chi connectivity index (χ0) is 20.5. The molecule has 7 heteroatoms. The first-order chi connectivity index (χ1) is 14.7. The van der Waals surface area contributed by atoms with E-state index in [9.17, 15) is 4.79 Å². The zero-order valence-corrected chi connectivity index (χ0v) is 16.2. The number of carbonyl (C=O) groups excluding carboxylic acids is 1. The van der Waals surface area contributed by atoms with Gasteiger partial charge in [-0.05, 0) is 30.3 Å². The van der Waals surface area contributed by atoms with Crippen LogP contribution in [0.5, 0.6) is 0 Å². The second-order valence-corrected chi connectivity index (χ2v) is 6.89. The summed E-state index contributed by atoms with van der Waals surface area (Å²) in [6, 6.07) is 19.6. The van der Waals surface area contributed by atoms with Crippen LogP contribution in [0.3, 0.4) is 0 Å². The molecule has 146 valence electrons. The van der Waals surface area contributed by atoms with Crippen LogP contribution in [0, 0.1) is 0 Å². The van der Waals surface area contributed by atoms with Crippen molar-refractivity contribution in [3.8, 4) is 28.1 Å². The molecule has 30 heavy (non-hydrogen) atoms. The van der Waals surface area contributed by atoms with E-state index in [1.165, 1.54) is 6.92 Å². The number of hydrogen-bond donors (Lipinski definition) is 1. The highest BCUT2D eigenvalue weighted by molar-refractivity contribution is 5.94. The van der Waals surface area contributed by atoms with Gasteiger partial charge in [-0.1, -0.05) is 30.3 Å². The largest absolute Gasteiger partial charge is 0.326 e. The van der Waals surface area contributed by atoms with Gasteiger partial charge in [0.25, 0.3) is 0 Å². The van der Waals surface area contributed by atoms with Crippen molar-refractivity contribution in [2.75, 3.05) is 5.32 Å². The molecule has 0 radical (unpaired) electrons. The average Bonchev–Trinajstić information content (AvgIpc) is 3.44. The van der Waals surface area contributed by atoms with Crippen molar-refractivity contribution < 1.29 is 4.79 Å². The van der Waals surface area contributed by atoms with Crippen molar-refractivity contribution in [3.05, 3.63) is 85.5 Å². The third-order valence-electron chi connectivity index (χ3n) is 4.82. The van der Waals surface area contributed by atoms with Gasteiger partial charge in [0.15, 0.2) is 5.65 Å². The Morgan fingerprint density at radius 2 is 1.83 bits per heavy atom. The Balaban J connectivity index is 1.56. The number of para-hydroxylation sites is 1. The standard InChI is InChI=1S/C23H18N6O/c1-16(30)27-21-9-3-2-8-20(21)18-13-23-24-15-22(29(23)26-14-18)17-6-4-7-19(12-17)28-11-5-10-25-28/h2-15H,1H3,(H,27,30). The molecule has 0 atom stereocenters. The Kier molecular flexibility index (Phi) is 4.33. The number of imidazole rings is 1. The van der Waals surface area contributed by atoms with Gasteiger partial charge in [-0.15, -0.1) is 0 Å². The molecular formula is C23H18N6O. The van der Waals surface area contributed by atoms with Crippen LogP contribution in [0.2, 0.25) is 0 Å². The normalized spacial score (nSPS) is 11.0. The number of anilines is 1. The van der Waals surface area contributed by atoms with Crippen LogP contribution >= 0.6 is 0 Å². The molecule has 2 aromatic carbocycles. The molecule has 1 N–H and O–H groups in total. The zero-order valence-electron chi connectivity index (χ0n) is 16.2. The number of hydrogen-bond acceptors (Lipinski definition) is 4. The maximum atomic E-state index is 11.5. The number of nitrogens with one attached hydrogen (secondary N) is 1. The van der Waals surface area contributed by atoms with Gasteiger partial charge in [-0.25, -0.2) is 14.2 Å². The quantitative estimate of drug-likeness (QED) is 0.495. The Hall–Kier alpha value is -4.26. The molecule has 7 nitrogen and oxygen atoms in total. The van der Waals surface area contributed by atoms with Gasteiger partial charge in [0.05, 0.1) is 23.8 Å². The summed E-state index contributed by atoms with van der Waals surface area (Å²) in [5.41, 5.74) is 6.10. The number of nitrogens with zero attached hydrogens (tertiary/aromatic N) is 5. The second kappa shape index (κ2) is 7.29. The van der Waals surface area contributed by atoms with E-state index in [1.54, 1.807) is 12.4 Å². The average molecular weight is 394 g/mol. The van der Waals surface area contributed by atoms with Crippen molar-refractivity contribution >= 4 is 17.2 Å². The summed E-state index contributed by atoms with van der Waals surface area (Å²) in [4.78, 5) is 16.1. The van der Waals surface area contributed by atoms with Crippen molar-refractivity contribution in [2.45, 2.75) is 6.92 Å². The van der Waals surface area contributed by atoms with Gasteiger partial charge in [-0.2, -0.15) is 10.2 Å². The first kappa shape index (κ1) is 17.8. The van der Waals surface area contributed by atoms with Crippen LogP contribution in [-0.4, -0.2) is 30.3 Å². The third-order valence-corrected chi connectivity index (χ3v) is 4.82. The lowest BCUT2D eigenvalue weighted by Crippen LogP contribution is -2.07. The van der Waals surface area contributed by atoms with Gasteiger partial charge in [0, 0.05) is 41.7 Å². The van der Waals surface area contributed by atoms with Crippen LogP contribution in [-0.2, 0) is 4.79 Å². The van der Waals surface area contributed by atoms with Gasteiger partial charge < -0.3 is 5.32 Å². The monoisotopic (exact) mass is 394 g/mol. The Morgan fingerprint density at radius 3 is 2.67 bits per heavy atom. The number of amides is 1. The van der Waals surface area contributed by atoms with Crippen LogP contribution in [0.15, 0.2) is 85.5 Å². The minimum Gasteiger partial charge on any atom is -0.326 e. The summed E-state index contributed by atoms with van der Waals surface area (Å²) in [6.45, 7) is 1.50. The molecule has 0 saturated heterocycles. The van der Waals surface area contributed by atoms with E-state index in [2.05, 4.69) is 26.6 Å². The lowest BCUT2D eigenvalue weighted by Gasteiger charge is -2.10. The van der Waals surface area contributed by atoms with Gasteiger partial charge in [0.1, 0.15) is 0 Å². The van der Waals surface area contributed by atoms with Gasteiger partial charge in [0.2, 0.25) is 5.91 Å². The van der Waals surface area contributed by atoms with Crippen LogP contribution in [0.1, 0.15) is 6.92 Å². The first-order valence-electron chi connectivity index (χ1n) is 9.50. The van der Waals surface area contributed by atoms with Gasteiger partial charge >= 0.3 is 0 Å². The van der Waals surface area contributed by atoms with E-state index in [0.29, 0.717) is 0 Å². The highest BCUT2D eigenvalue weighted by atomic mass is 16.1. The fraction of sp³-hybridized carbons (Fsp3) is 0.0435. The van der Waals surface area contributed by atoms with E-state index >= 15 is 0 Å². The molecule has 5 rings (SSSR count). The summed E-state index contributed by atoms with van der Waals surface area (Å²) >= 11 is 0. The Labute approximate surface area is 172 Å². The molecular weight excluding hydrogens is 376 g/mol. The minimum atomic E-state index is -0.114. The highest BCUT2D eigenvalue weighted by Gasteiger charge is 2.12. The predicted molar refractivity (Wildman–Crippen MR) is 115 cm³/mol. The lowest BCUT2D eigenvalue weighted by molar-refractivity contribution is -0.114. The molecule has 0 saturated carbocycles.